The Labute approximate surface area is 172 Å². The van der Waals surface area contributed by atoms with Crippen molar-refractivity contribution >= 4 is 16.8 Å². The van der Waals surface area contributed by atoms with Gasteiger partial charge in [-0.25, -0.2) is 4.98 Å². The van der Waals surface area contributed by atoms with Crippen LogP contribution in [-0.2, 0) is 4.74 Å². The van der Waals surface area contributed by atoms with Gasteiger partial charge in [0.25, 0.3) is 5.91 Å². The number of piperidine rings is 1. The van der Waals surface area contributed by atoms with Gasteiger partial charge in [0.05, 0.1) is 18.2 Å². The Morgan fingerprint density at radius 3 is 2.69 bits per heavy atom. The first-order valence-electron chi connectivity index (χ1n) is 10.7. The van der Waals surface area contributed by atoms with Crippen molar-refractivity contribution in [2.24, 2.45) is 0 Å². The quantitative estimate of drug-likeness (QED) is 0.748. The van der Waals surface area contributed by atoms with Crippen molar-refractivity contribution in [1.29, 1.82) is 0 Å². The van der Waals surface area contributed by atoms with Gasteiger partial charge in [-0.05, 0) is 70.0 Å². The average molecular weight is 398 g/mol. The largest absolute Gasteiger partial charge is 0.494 e. The van der Waals surface area contributed by atoms with Crippen LogP contribution in [0.3, 0.4) is 0 Å². The number of rotatable bonds is 6. The zero-order valence-corrected chi connectivity index (χ0v) is 17.5. The summed E-state index contributed by atoms with van der Waals surface area (Å²) in [6.45, 7) is 3.36. The highest BCUT2D eigenvalue weighted by Crippen LogP contribution is 2.23. The number of carbonyl (C=O) groups excluding carboxylic acids is 1. The maximum atomic E-state index is 12.8. The molecule has 0 bridgehead atoms. The molecule has 1 amide bonds. The molecule has 2 aromatic rings. The summed E-state index contributed by atoms with van der Waals surface area (Å²) in [5.74, 6) is 0.864. The Morgan fingerprint density at radius 2 is 1.97 bits per heavy atom. The summed E-state index contributed by atoms with van der Waals surface area (Å²) in [5.41, 5.74) is 1.33. The van der Waals surface area contributed by atoms with Gasteiger partial charge in [-0.15, -0.1) is 0 Å². The summed E-state index contributed by atoms with van der Waals surface area (Å²) in [4.78, 5) is 21.7. The third-order valence-corrected chi connectivity index (χ3v) is 6.33. The van der Waals surface area contributed by atoms with Crippen LogP contribution >= 0.6 is 0 Å². The number of fused-ring (bicyclic) bond motifs is 1. The first-order chi connectivity index (χ1) is 14.1. The molecule has 2 fully saturated rings. The summed E-state index contributed by atoms with van der Waals surface area (Å²) < 4.78 is 11.4. The minimum atomic E-state index is 0.00228. The summed E-state index contributed by atoms with van der Waals surface area (Å²) >= 11 is 0. The molecule has 156 valence electrons. The molecule has 6 heteroatoms. The number of hydrogen-bond donors (Lipinski definition) is 0. The monoisotopic (exact) mass is 397 g/mol. The normalized spacial score (nSPS) is 21.0. The molecule has 3 heterocycles. The lowest BCUT2D eigenvalue weighted by Gasteiger charge is -2.31. The lowest BCUT2D eigenvalue weighted by molar-refractivity contribution is 0.0348. The molecule has 2 saturated heterocycles. The van der Waals surface area contributed by atoms with Gasteiger partial charge < -0.3 is 19.3 Å². The van der Waals surface area contributed by atoms with Crippen LogP contribution in [0.1, 0.15) is 42.6 Å². The zero-order chi connectivity index (χ0) is 20.2. The van der Waals surface area contributed by atoms with E-state index in [0.717, 1.165) is 55.6 Å². The Morgan fingerprint density at radius 1 is 1.14 bits per heavy atom. The van der Waals surface area contributed by atoms with Crippen LogP contribution in [0.4, 0.5) is 0 Å². The van der Waals surface area contributed by atoms with Crippen LogP contribution in [0.5, 0.6) is 5.75 Å². The van der Waals surface area contributed by atoms with Crippen LogP contribution in [0, 0.1) is 0 Å². The first kappa shape index (κ1) is 20.1. The van der Waals surface area contributed by atoms with E-state index in [4.69, 9.17) is 9.47 Å². The van der Waals surface area contributed by atoms with E-state index in [1.165, 1.54) is 19.4 Å². The predicted molar refractivity (Wildman–Crippen MR) is 113 cm³/mol. The number of carbonyl (C=O) groups is 1. The average Bonchev–Trinajstić information content (AvgIpc) is 3.17. The highest BCUT2D eigenvalue weighted by atomic mass is 16.5. The number of methoxy groups -OCH3 is 1. The summed E-state index contributed by atoms with van der Waals surface area (Å²) in [6, 6.07) is 10.3. The maximum Gasteiger partial charge on any atom is 0.272 e. The van der Waals surface area contributed by atoms with Gasteiger partial charge in [-0.3, -0.25) is 4.79 Å². The van der Waals surface area contributed by atoms with Gasteiger partial charge in [0.1, 0.15) is 11.4 Å². The molecule has 0 N–H and O–H groups in total. The minimum absolute atomic E-state index is 0.00228. The second-order valence-electron chi connectivity index (χ2n) is 8.19. The molecule has 1 unspecified atom stereocenters. The van der Waals surface area contributed by atoms with E-state index < -0.39 is 0 Å². The molecule has 2 aliphatic rings. The van der Waals surface area contributed by atoms with Crippen molar-refractivity contribution in [1.82, 2.24) is 14.8 Å². The second-order valence-corrected chi connectivity index (χ2v) is 8.19. The summed E-state index contributed by atoms with van der Waals surface area (Å²) in [5, 5.41) is 0.995. The van der Waals surface area contributed by atoms with Gasteiger partial charge in [-0.2, -0.15) is 0 Å². The van der Waals surface area contributed by atoms with Gasteiger partial charge >= 0.3 is 0 Å². The van der Waals surface area contributed by atoms with E-state index in [0.29, 0.717) is 11.7 Å². The first-order valence-corrected chi connectivity index (χ1v) is 10.7. The number of benzene rings is 1. The van der Waals surface area contributed by atoms with Crippen molar-refractivity contribution in [2.75, 3.05) is 40.4 Å². The van der Waals surface area contributed by atoms with Crippen LogP contribution in [0.25, 0.3) is 10.9 Å². The molecular formula is C23H31N3O3. The Kier molecular flexibility index (Phi) is 6.31. The lowest BCUT2D eigenvalue weighted by atomic mass is 10.1. The fraction of sp³-hybridized carbons (Fsp3) is 0.565. The van der Waals surface area contributed by atoms with E-state index in [9.17, 15) is 4.79 Å². The topological polar surface area (TPSA) is 54.9 Å². The van der Waals surface area contributed by atoms with Crippen molar-refractivity contribution < 1.29 is 14.3 Å². The molecule has 1 aromatic carbocycles. The maximum absolute atomic E-state index is 12.8. The van der Waals surface area contributed by atoms with Gasteiger partial charge in [0.2, 0.25) is 0 Å². The molecule has 0 spiro atoms. The van der Waals surface area contributed by atoms with Crippen LogP contribution < -0.4 is 4.74 Å². The number of pyridine rings is 1. The Balaban J connectivity index is 1.37. The van der Waals surface area contributed by atoms with E-state index in [-0.39, 0.29) is 12.0 Å². The number of aromatic nitrogens is 1. The number of hydrogen-bond acceptors (Lipinski definition) is 5. The van der Waals surface area contributed by atoms with E-state index >= 15 is 0 Å². The van der Waals surface area contributed by atoms with Crippen LogP contribution in [0.15, 0.2) is 30.3 Å². The van der Waals surface area contributed by atoms with Crippen molar-refractivity contribution in [3.8, 4) is 5.75 Å². The molecule has 0 radical (unpaired) electrons. The Hall–Kier alpha value is -2.18. The third-order valence-electron chi connectivity index (χ3n) is 6.33. The highest BCUT2D eigenvalue weighted by molar-refractivity contribution is 5.95. The smallest absolute Gasteiger partial charge is 0.272 e. The lowest BCUT2D eigenvalue weighted by Crippen LogP contribution is -2.40. The summed E-state index contributed by atoms with van der Waals surface area (Å²) in [6.07, 6.45) is 5.63. The van der Waals surface area contributed by atoms with Crippen molar-refractivity contribution in [2.45, 2.75) is 44.2 Å². The number of likely N-dealkylation sites (tertiary alicyclic amines) is 2. The molecule has 29 heavy (non-hydrogen) atoms. The molecule has 1 atom stereocenters. The molecule has 1 aromatic heterocycles. The number of ether oxygens (including phenoxy) is 2. The fourth-order valence-electron chi connectivity index (χ4n) is 4.43. The number of nitrogens with zero attached hydrogens (tertiary/aromatic N) is 3. The predicted octanol–water partition coefficient (Wildman–Crippen LogP) is 3.35. The van der Waals surface area contributed by atoms with E-state index in [2.05, 4.69) is 16.9 Å². The van der Waals surface area contributed by atoms with Gasteiger partial charge in [0, 0.05) is 31.6 Å². The van der Waals surface area contributed by atoms with Gasteiger partial charge in [-0.1, -0.05) is 6.07 Å². The minimum Gasteiger partial charge on any atom is -0.494 e. The SMILES string of the molecule is COC1CCN(C(=O)c2ccc3cc(OCCC4CCCN4C)ccc3n2)CC1. The van der Waals surface area contributed by atoms with Crippen molar-refractivity contribution in [3.63, 3.8) is 0 Å². The van der Waals surface area contributed by atoms with Crippen LogP contribution in [0.2, 0.25) is 0 Å². The molecule has 0 aliphatic carbocycles. The molecule has 4 rings (SSSR count). The fourth-order valence-corrected chi connectivity index (χ4v) is 4.43. The number of amides is 1. The van der Waals surface area contributed by atoms with Crippen molar-refractivity contribution in [3.05, 3.63) is 36.0 Å². The van der Waals surface area contributed by atoms with E-state index in [1.807, 2.05) is 35.2 Å². The molecule has 6 nitrogen and oxygen atoms in total. The molecule has 0 saturated carbocycles. The van der Waals surface area contributed by atoms with Crippen LogP contribution in [-0.4, -0.2) is 73.2 Å². The third kappa shape index (κ3) is 4.70. The molecular weight excluding hydrogens is 366 g/mol. The standard InChI is InChI=1S/C23H31N3O3/c1-25-12-3-4-18(25)11-15-29-20-6-8-21-17(16-20)5-7-22(24-21)23(27)26-13-9-19(28-2)10-14-26/h5-8,16,18-19H,3-4,9-15H2,1-2H3. The van der Waals surface area contributed by atoms with E-state index in [1.54, 1.807) is 7.11 Å². The summed E-state index contributed by atoms with van der Waals surface area (Å²) in [7, 11) is 3.93. The Bertz CT molecular complexity index is 848. The van der Waals surface area contributed by atoms with Gasteiger partial charge in [0.15, 0.2) is 0 Å². The second kappa shape index (κ2) is 9.09. The highest BCUT2D eigenvalue weighted by Gasteiger charge is 2.24. The zero-order valence-electron chi connectivity index (χ0n) is 17.5. The molecule has 2 aliphatic heterocycles.